The molecule has 0 saturated carbocycles. The van der Waals surface area contributed by atoms with E-state index < -0.39 is 21.7 Å². The van der Waals surface area contributed by atoms with E-state index in [1.807, 2.05) is 55.4 Å². The summed E-state index contributed by atoms with van der Waals surface area (Å²) in [6.07, 6.45) is 1.08. The minimum Gasteiger partial charge on any atom is -0.376 e. The number of fused-ring (bicyclic) bond motifs is 1. The Bertz CT molecular complexity index is 1580. The molecule has 3 heterocycles. The molecule has 2 aromatic heterocycles. The van der Waals surface area contributed by atoms with Gasteiger partial charge in [0, 0.05) is 54.9 Å². The van der Waals surface area contributed by atoms with Crippen LogP contribution in [0.4, 0.5) is 26.1 Å². The SMILES string of the molecule is C=S(=O)(Cc1ccccc1)Nc1ccc(-c2cc(N(C)C)c3nc(N[C@@H]4CNC[C@@H](F)C4)ncc3n2)cc1F. The lowest BCUT2D eigenvalue weighted by Crippen LogP contribution is -2.44. The monoisotopic (exact) mass is 551 g/mol. The molecule has 0 spiro atoms. The van der Waals surface area contributed by atoms with Gasteiger partial charge in [-0.1, -0.05) is 36.4 Å². The molecule has 11 heteroatoms. The molecule has 1 aliphatic heterocycles. The van der Waals surface area contributed by atoms with Gasteiger partial charge < -0.3 is 20.3 Å². The van der Waals surface area contributed by atoms with Crippen LogP contribution in [0.5, 0.6) is 0 Å². The van der Waals surface area contributed by atoms with Gasteiger partial charge in [-0.2, -0.15) is 0 Å². The highest BCUT2D eigenvalue weighted by Crippen LogP contribution is 2.31. The van der Waals surface area contributed by atoms with Crippen LogP contribution in [0.15, 0.2) is 60.8 Å². The van der Waals surface area contributed by atoms with Crippen LogP contribution in [0.2, 0.25) is 0 Å². The van der Waals surface area contributed by atoms with Crippen molar-refractivity contribution in [2.75, 3.05) is 42.1 Å². The van der Waals surface area contributed by atoms with Crippen molar-refractivity contribution in [3.05, 3.63) is 72.2 Å². The maximum absolute atomic E-state index is 15.2. The number of rotatable bonds is 8. The predicted octanol–water partition coefficient (Wildman–Crippen LogP) is 4.25. The van der Waals surface area contributed by atoms with Crippen LogP contribution >= 0.6 is 0 Å². The number of anilines is 3. The molecule has 39 heavy (non-hydrogen) atoms. The molecule has 3 N–H and O–H groups in total. The zero-order valence-electron chi connectivity index (χ0n) is 21.8. The van der Waals surface area contributed by atoms with Gasteiger partial charge >= 0.3 is 0 Å². The molecule has 5 rings (SSSR count). The number of alkyl halides is 1. The fourth-order valence-electron chi connectivity index (χ4n) is 4.58. The zero-order valence-corrected chi connectivity index (χ0v) is 22.6. The van der Waals surface area contributed by atoms with Crippen molar-refractivity contribution in [2.24, 2.45) is 0 Å². The lowest BCUT2D eigenvalue weighted by molar-refractivity contribution is 0.254. The van der Waals surface area contributed by atoms with E-state index in [2.05, 4.69) is 36.2 Å². The van der Waals surface area contributed by atoms with Gasteiger partial charge in [0.15, 0.2) is 0 Å². The maximum atomic E-state index is 15.2. The summed E-state index contributed by atoms with van der Waals surface area (Å²) < 4.78 is 44.7. The van der Waals surface area contributed by atoms with E-state index in [1.165, 1.54) is 6.07 Å². The third-order valence-corrected chi connectivity index (χ3v) is 7.83. The summed E-state index contributed by atoms with van der Waals surface area (Å²) in [5.74, 6) is 3.80. The van der Waals surface area contributed by atoms with Crippen LogP contribution in [0.3, 0.4) is 0 Å². The first-order valence-electron chi connectivity index (χ1n) is 12.6. The van der Waals surface area contributed by atoms with Crippen LogP contribution in [-0.4, -0.2) is 64.4 Å². The van der Waals surface area contributed by atoms with Gasteiger partial charge in [-0.05, 0) is 29.6 Å². The van der Waals surface area contributed by atoms with Gasteiger partial charge in [0.25, 0.3) is 0 Å². The second kappa shape index (κ2) is 11.1. The third kappa shape index (κ3) is 6.43. The van der Waals surface area contributed by atoms with E-state index in [0.717, 1.165) is 11.3 Å². The van der Waals surface area contributed by atoms with E-state index in [1.54, 1.807) is 18.3 Å². The highest BCUT2D eigenvalue weighted by molar-refractivity contribution is 8.00. The Morgan fingerprint density at radius 1 is 1.13 bits per heavy atom. The van der Waals surface area contributed by atoms with Gasteiger partial charge in [-0.25, -0.2) is 27.9 Å². The largest absolute Gasteiger partial charge is 0.376 e. The van der Waals surface area contributed by atoms with Crippen molar-refractivity contribution < 1.29 is 13.0 Å². The van der Waals surface area contributed by atoms with Crippen molar-refractivity contribution in [2.45, 2.75) is 24.4 Å². The Hall–Kier alpha value is -3.83. The molecule has 2 aromatic carbocycles. The highest BCUT2D eigenvalue weighted by atomic mass is 32.2. The van der Waals surface area contributed by atoms with Gasteiger partial charge in [0.1, 0.15) is 23.0 Å². The summed E-state index contributed by atoms with van der Waals surface area (Å²) in [4.78, 5) is 15.6. The second-order valence-corrected chi connectivity index (χ2v) is 12.0. The molecule has 3 atom stereocenters. The number of piperidine rings is 1. The lowest BCUT2D eigenvalue weighted by Gasteiger charge is -2.26. The molecule has 4 aromatic rings. The Morgan fingerprint density at radius 3 is 2.64 bits per heavy atom. The van der Waals surface area contributed by atoms with Gasteiger partial charge in [0.05, 0.1) is 29.0 Å². The van der Waals surface area contributed by atoms with E-state index in [4.69, 9.17) is 0 Å². The van der Waals surface area contributed by atoms with Crippen LogP contribution in [0.25, 0.3) is 22.3 Å². The van der Waals surface area contributed by atoms with Crippen LogP contribution < -0.4 is 20.3 Å². The maximum Gasteiger partial charge on any atom is 0.223 e. The van der Waals surface area contributed by atoms with Crippen molar-refractivity contribution in [3.63, 3.8) is 0 Å². The lowest BCUT2D eigenvalue weighted by atomic mass is 10.1. The highest BCUT2D eigenvalue weighted by Gasteiger charge is 2.22. The Morgan fingerprint density at radius 2 is 1.92 bits per heavy atom. The molecule has 1 saturated heterocycles. The van der Waals surface area contributed by atoms with Crippen molar-refractivity contribution in [1.82, 2.24) is 20.3 Å². The summed E-state index contributed by atoms with van der Waals surface area (Å²) in [7, 11) is 0.961. The molecule has 204 valence electrons. The second-order valence-electron chi connectivity index (χ2n) is 9.92. The number of aromatic nitrogens is 3. The number of nitrogens with one attached hydrogen (secondary N) is 3. The van der Waals surface area contributed by atoms with E-state index >= 15 is 4.39 Å². The quantitative estimate of drug-likeness (QED) is 0.282. The number of nitrogens with zero attached hydrogens (tertiary/aromatic N) is 4. The number of hydrogen-bond donors (Lipinski definition) is 3. The fraction of sp³-hybridized carbons (Fsp3) is 0.286. The van der Waals surface area contributed by atoms with Gasteiger partial charge in [0.2, 0.25) is 5.95 Å². The molecular weight excluding hydrogens is 520 g/mol. The summed E-state index contributed by atoms with van der Waals surface area (Å²) in [6.45, 7) is 0.985. The fourth-order valence-corrected chi connectivity index (χ4v) is 5.95. The van der Waals surface area contributed by atoms with E-state index in [-0.39, 0.29) is 17.5 Å². The average molecular weight is 552 g/mol. The number of benzene rings is 2. The van der Waals surface area contributed by atoms with Gasteiger partial charge in [-0.15, -0.1) is 0 Å². The molecule has 1 fully saturated rings. The molecular formula is C28H31F2N7OS. The first-order valence-corrected chi connectivity index (χ1v) is 14.5. The normalized spacial score (nSPS) is 18.9. The first kappa shape index (κ1) is 26.8. The Kier molecular flexibility index (Phi) is 7.62. The average Bonchev–Trinajstić information content (AvgIpc) is 2.89. The summed E-state index contributed by atoms with van der Waals surface area (Å²) in [6, 6.07) is 15.6. The minimum absolute atomic E-state index is 0.107. The topological polar surface area (TPSA) is 95.1 Å². The summed E-state index contributed by atoms with van der Waals surface area (Å²) >= 11 is 0. The molecule has 8 nitrogen and oxygen atoms in total. The Labute approximate surface area is 227 Å². The summed E-state index contributed by atoms with van der Waals surface area (Å²) in [5.41, 5.74) is 3.98. The molecule has 0 radical (unpaired) electrons. The molecule has 0 aliphatic carbocycles. The summed E-state index contributed by atoms with van der Waals surface area (Å²) in [5, 5.41) is 6.27. The van der Waals surface area contributed by atoms with Crippen LogP contribution in [0, 0.1) is 5.82 Å². The third-order valence-electron chi connectivity index (χ3n) is 6.44. The van der Waals surface area contributed by atoms with Gasteiger partial charge in [-0.3, -0.25) is 0 Å². The smallest absolute Gasteiger partial charge is 0.223 e. The number of pyridine rings is 1. The number of hydrogen-bond acceptors (Lipinski definition) is 7. The molecule has 0 amide bonds. The minimum atomic E-state index is -2.81. The Balaban J connectivity index is 1.40. The zero-order chi connectivity index (χ0) is 27.6. The van der Waals surface area contributed by atoms with E-state index in [0.29, 0.717) is 47.7 Å². The molecule has 1 aliphatic rings. The standard InChI is InChI=1S/C28H31F2N7OS/c1-37(2)26-13-24(34-25-16-32-28(35-27(25)26)33-21-12-20(29)14-31-15-21)19-9-10-23(22(30)11-19)36-39(3,38)17-18-7-5-4-6-8-18/h4-11,13,16,20-21,31H,3,12,14-15,17H2,1-2H3,(H,36,38)(H,32,33,35)/t20-,21-,39?/m0/s1. The van der Waals surface area contributed by atoms with E-state index in [9.17, 15) is 8.60 Å². The molecule has 0 bridgehead atoms. The van der Waals surface area contributed by atoms with Crippen molar-refractivity contribution >= 4 is 43.9 Å². The van der Waals surface area contributed by atoms with Crippen LogP contribution in [-0.2, 0) is 15.5 Å². The number of halogens is 2. The molecule has 1 unspecified atom stereocenters. The predicted molar refractivity (Wildman–Crippen MR) is 156 cm³/mol. The van der Waals surface area contributed by atoms with Crippen LogP contribution in [0.1, 0.15) is 12.0 Å². The first-order chi connectivity index (χ1) is 18.7. The van der Waals surface area contributed by atoms with Crippen molar-refractivity contribution in [1.29, 1.82) is 0 Å². The van der Waals surface area contributed by atoms with Crippen molar-refractivity contribution in [3.8, 4) is 11.3 Å².